The lowest BCUT2D eigenvalue weighted by Crippen LogP contribution is -2.38. The third-order valence-electron chi connectivity index (χ3n) is 2.50. The smallest absolute Gasteiger partial charge is 0.323 e. The Kier molecular flexibility index (Phi) is 4.52. The van der Waals surface area contributed by atoms with Crippen LogP contribution < -0.4 is 5.73 Å². The van der Waals surface area contributed by atoms with Crippen LogP contribution in [0.3, 0.4) is 0 Å². The Balaban J connectivity index is 2.70. The van der Waals surface area contributed by atoms with Crippen LogP contribution in [0.15, 0.2) is 24.3 Å². The first kappa shape index (κ1) is 14.3. The average Bonchev–Trinajstić information content (AvgIpc) is 2.28. The Morgan fingerprint density at radius 2 is 2.00 bits per heavy atom. The van der Waals surface area contributed by atoms with Gasteiger partial charge in [0.25, 0.3) is 0 Å². The molecule has 2 N–H and O–H groups in total. The molecule has 0 spiro atoms. The first-order valence-electron chi connectivity index (χ1n) is 5.88. The topological polar surface area (TPSA) is 52.3 Å². The minimum Gasteiger partial charge on any atom is -0.458 e. The van der Waals surface area contributed by atoms with Gasteiger partial charge in [0.1, 0.15) is 11.6 Å². The molecule has 0 aliphatic rings. The van der Waals surface area contributed by atoms with Crippen LogP contribution >= 0.6 is 0 Å². The number of hydrogen-bond acceptors (Lipinski definition) is 3. The van der Waals surface area contributed by atoms with Crippen molar-refractivity contribution in [2.75, 3.05) is 0 Å². The summed E-state index contributed by atoms with van der Waals surface area (Å²) in [4.78, 5) is 11.5. The fourth-order valence-electron chi connectivity index (χ4n) is 1.61. The molecule has 0 amide bonds. The normalized spacial score (nSPS) is 12.6. The molecule has 0 aliphatic heterocycles. The zero-order chi connectivity index (χ0) is 13.8. The van der Waals surface area contributed by atoms with Crippen molar-refractivity contribution >= 4 is 5.97 Å². The lowest BCUT2D eigenvalue weighted by atomic mass is 9.97. The average molecular weight is 245 g/mol. The Morgan fingerprint density at radius 3 is 2.44 bits per heavy atom. The summed E-state index contributed by atoms with van der Waals surface area (Å²) in [6, 6.07) is 7.03. The van der Waals surface area contributed by atoms with Crippen molar-refractivity contribution in [1.82, 2.24) is 0 Å². The van der Waals surface area contributed by atoms with Crippen molar-refractivity contribution < 1.29 is 9.53 Å². The van der Waals surface area contributed by atoms with Gasteiger partial charge in [0.2, 0.25) is 0 Å². The van der Waals surface area contributed by atoms with Crippen LogP contribution in [0.4, 0.5) is 0 Å². The molecule has 3 heteroatoms. The van der Waals surface area contributed by atoms with E-state index in [1.807, 2.05) is 38.1 Å². The van der Waals surface area contributed by atoms with Gasteiger partial charge in [0.05, 0.1) is 0 Å². The van der Waals surface area contributed by atoms with Crippen molar-refractivity contribution in [2.45, 2.75) is 38.8 Å². The molecule has 0 aromatic heterocycles. The van der Waals surface area contributed by atoms with Gasteiger partial charge in [0, 0.05) is 12.0 Å². The van der Waals surface area contributed by atoms with Gasteiger partial charge in [-0.05, 0) is 38.5 Å². The van der Waals surface area contributed by atoms with Crippen molar-refractivity contribution in [3.05, 3.63) is 35.4 Å². The fraction of sp³-hybridized carbons (Fsp3) is 0.400. The summed E-state index contributed by atoms with van der Waals surface area (Å²) >= 11 is 0. The molecule has 0 heterocycles. The number of rotatable bonds is 4. The van der Waals surface area contributed by atoms with Crippen LogP contribution in [-0.4, -0.2) is 17.6 Å². The Bertz CT molecular complexity index is 452. The first-order valence-corrected chi connectivity index (χ1v) is 5.88. The van der Waals surface area contributed by atoms with Crippen LogP contribution in [-0.2, 0) is 16.0 Å². The third-order valence-corrected chi connectivity index (χ3v) is 2.50. The number of carbonyl (C=O) groups is 1. The summed E-state index contributed by atoms with van der Waals surface area (Å²) in [5.41, 5.74) is 6.80. The van der Waals surface area contributed by atoms with Crippen LogP contribution in [0.25, 0.3) is 0 Å². The predicted molar refractivity (Wildman–Crippen MR) is 71.9 cm³/mol. The van der Waals surface area contributed by atoms with Gasteiger partial charge in [-0.25, -0.2) is 0 Å². The van der Waals surface area contributed by atoms with Crippen molar-refractivity contribution in [1.29, 1.82) is 0 Å². The second-order valence-corrected chi connectivity index (χ2v) is 4.99. The number of ether oxygens (including phenoxy) is 1. The molecule has 0 saturated heterocycles. The molecule has 0 saturated carbocycles. The Hall–Kier alpha value is -1.79. The largest absolute Gasteiger partial charge is 0.458 e. The highest BCUT2D eigenvalue weighted by Crippen LogP contribution is 2.18. The molecular weight excluding hydrogens is 226 g/mol. The standard InChI is InChI=1S/C15H19NO2/c1-5-12-6-8-13(9-7-12)10-15(3,4)18-14(17)11(2)16/h1,6-9,11H,10,16H2,2-4H3/t11-/m0/s1. The van der Waals surface area contributed by atoms with Crippen molar-refractivity contribution in [3.8, 4) is 12.3 Å². The lowest BCUT2D eigenvalue weighted by molar-refractivity contribution is -0.157. The molecule has 0 radical (unpaired) electrons. The van der Waals surface area contributed by atoms with E-state index in [4.69, 9.17) is 16.9 Å². The quantitative estimate of drug-likeness (QED) is 0.651. The number of esters is 1. The Labute approximate surface area is 108 Å². The summed E-state index contributed by atoms with van der Waals surface area (Å²) in [7, 11) is 0. The van der Waals surface area contributed by atoms with Crippen LogP contribution in [0.5, 0.6) is 0 Å². The van der Waals surface area contributed by atoms with E-state index in [0.29, 0.717) is 6.42 Å². The van der Waals surface area contributed by atoms with E-state index in [-0.39, 0.29) is 5.97 Å². The number of nitrogens with two attached hydrogens (primary N) is 1. The molecule has 3 nitrogen and oxygen atoms in total. The van der Waals surface area contributed by atoms with Gasteiger partial charge < -0.3 is 10.5 Å². The summed E-state index contributed by atoms with van der Waals surface area (Å²) in [5, 5.41) is 0. The molecular formula is C15H19NO2. The zero-order valence-corrected chi connectivity index (χ0v) is 11.1. The van der Waals surface area contributed by atoms with Gasteiger partial charge in [-0.15, -0.1) is 6.42 Å². The molecule has 1 rings (SSSR count). The second kappa shape index (κ2) is 5.70. The van der Waals surface area contributed by atoms with Gasteiger partial charge >= 0.3 is 5.97 Å². The van der Waals surface area contributed by atoms with Crippen LogP contribution in [0, 0.1) is 12.3 Å². The maximum atomic E-state index is 11.5. The molecule has 1 aromatic carbocycles. The molecule has 96 valence electrons. The van der Waals surface area contributed by atoms with E-state index in [1.165, 1.54) is 0 Å². The van der Waals surface area contributed by atoms with Crippen molar-refractivity contribution in [3.63, 3.8) is 0 Å². The molecule has 0 aliphatic carbocycles. The SMILES string of the molecule is C#Cc1ccc(CC(C)(C)OC(=O)[C@H](C)N)cc1. The number of hydrogen-bond donors (Lipinski definition) is 1. The Morgan fingerprint density at radius 1 is 1.44 bits per heavy atom. The summed E-state index contributed by atoms with van der Waals surface area (Å²) in [5.74, 6) is 2.17. The number of benzene rings is 1. The zero-order valence-electron chi connectivity index (χ0n) is 11.1. The first-order chi connectivity index (χ1) is 8.34. The monoisotopic (exact) mass is 245 g/mol. The van der Waals surface area contributed by atoms with Gasteiger partial charge in [-0.3, -0.25) is 4.79 Å². The summed E-state index contributed by atoms with van der Waals surface area (Å²) in [6.45, 7) is 5.34. The highest BCUT2D eigenvalue weighted by Gasteiger charge is 2.24. The van der Waals surface area contributed by atoms with Crippen molar-refractivity contribution in [2.24, 2.45) is 5.73 Å². The van der Waals surface area contributed by atoms with Gasteiger partial charge in [0.15, 0.2) is 0 Å². The van der Waals surface area contributed by atoms with Crippen LogP contribution in [0.2, 0.25) is 0 Å². The van der Waals surface area contributed by atoms with E-state index < -0.39 is 11.6 Å². The fourth-order valence-corrected chi connectivity index (χ4v) is 1.61. The van der Waals surface area contributed by atoms with E-state index in [2.05, 4.69) is 5.92 Å². The van der Waals surface area contributed by atoms with Gasteiger partial charge in [-0.2, -0.15) is 0 Å². The molecule has 0 unspecified atom stereocenters. The maximum Gasteiger partial charge on any atom is 0.323 e. The van der Waals surface area contributed by atoms with E-state index in [9.17, 15) is 4.79 Å². The molecule has 0 fully saturated rings. The molecule has 1 atom stereocenters. The number of terminal acetylenes is 1. The minimum absolute atomic E-state index is 0.389. The predicted octanol–water partition coefficient (Wildman–Crippen LogP) is 1.88. The van der Waals surface area contributed by atoms with E-state index in [0.717, 1.165) is 11.1 Å². The molecule has 1 aromatic rings. The highest BCUT2D eigenvalue weighted by atomic mass is 16.6. The summed E-state index contributed by atoms with van der Waals surface area (Å²) in [6.07, 6.45) is 5.91. The van der Waals surface area contributed by atoms with E-state index in [1.54, 1.807) is 6.92 Å². The van der Waals surface area contributed by atoms with Gasteiger partial charge in [-0.1, -0.05) is 18.1 Å². The minimum atomic E-state index is -0.604. The number of carbonyl (C=O) groups excluding carboxylic acids is 1. The highest BCUT2D eigenvalue weighted by molar-refractivity contribution is 5.75. The second-order valence-electron chi connectivity index (χ2n) is 4.99. The molecule has 0 bridgehead atoms. The maximum absolute atomic E-state index is 11.5. The van der Waals surface area contributed by atoms with E-state index >= 15 is 0 Å². The lowest BCUT2D eigenvalue weighted by Gasteiger charge is -2.26. The third kappa shape index (κ3) is 4.23. The molecule has 18 heavy (non-hydrogen) atoms. The van der Waals surface area contributed by atoms with Crippen LogP contribution in [0.1, 0.15) is 31.9 Å². The summed E-state index contributed by atoms with van der Waals surface area (Å²) < 4.78 is 5.36.